The van der Waals surface area contributed by atoms with E-state index in [2.05, 4.69) is 52.3 Å². The largest absolute Gasteiger partial charge is 0.417 e. The molecular weight excluding hydrogens is 441 g/mol. The Bertz CT molecular complexity index is 1090. The van der Waals surface area contributed by atoms with Gasteiger partial charge in [-0.2, -0.15) is 13.2 Å². The number of aromatic nitrogens is 1. The van der Waals surface area contributed by atoms with Crippen molar-refractivity contribution < 1.29 is 17.7 Å². The summed E-state index contributed by atoms with van der Waals surface area (Å²) in [4.78, 5) is 4.93. The molecule has 0 saturated carbocycles. The van der Waals surface area contributed by atoms with E-state index in [1.807, 2.05) is 0 Å². The molecule has 182 valence electrons. The molecule has 34 heavy (non-hydrogen) atoms. The molecule has 1 saturated heterocycles. The van der Waals surface area contributed by atoms with Gasteiger partial charge in [-0.25, -0.2) is 0 Å². The van der Waals surface area contributed by atoms with E-state index in [-0.39, 0.29) is 11.3 Å². The molecule has 0 radical (unpaired) electrons. The van der Waals surface area contributed by atoms with Gasteiger partial charge in [0.1, 0.15) is 5.69 Å². The number of rotatable bonds is 8. The maximum Gasteiger partial charge on any atom is 0.417 e. The van der Waals surface area contributed by atoms with Crippen molar-refractivity contribution in [3.63, 3.8) is 0 Å². The zero-order valence-corrected chi connectivity index (χ0v) is 19.7. The van der Waals surface area contributed by atoms with Crippen molar-refractivity contribution in [2.24, 2.45) is 0 Å². The Morgan fingerprint density at radius 1 is 1.00 bits per heavy atom. The van der Waals surface area contributed by atoms with Crippen LogP contribution in [-0.4, -0.2) is 49.3 Å². The molecule has 8 heteroatoms. The third-order valence-corrected chi connectivity index (χ3v) is 6.26. The number of nitrogens with one attached hydrogen (secondary N) is 1. The Hall–Kier alpha value is -2.84. The van der Waals surface area contributed by atoms with E-state index in [1.54, 1.807) is 12.1 Å². The summed E-state index contributed by atoms with van der Waals surface area (Å²) in [5.74, 6) is 0.522. The number of benzene rings is 2. The minimum atomic E-state index is -4.43. The van der Waals surface area contributed by atoms with Gasteiger partial charge < -0.3 is 14.7 Å². The van der Waals surface area contributed by atoms with Gasteiger partial charge in [0, 0.05) is 43.5 Å². The predicted molar refractivity (Wildman–Crippen MR) is 128 cm³/mol. The van der Waals surface area contributed by atoms with Crippen molar-refractivity contribution in [2.45, 2.75) is 33.0 Å². The van der Waals surface area contributed by atoms with Crippen LogP contribution in [0.15, 0.2) is 53.1 Å². The van der Waals surface area contributed by atoms with Gasteiger partial charge in [0.2, 0.25) is 0 Å². The molecule has 1 fully saturated rings. The van der Waals surface area contributed by atoms with Crippen molar-refractivity contribution in [3.8, 4) is 11.3 Å². The number of halogens is 3. The number of alkyl halides is 3. The lowest BCUT2D eigenvalue weighted by molar-refractivity contribution is -0.137. The number of nitrogens with zero attached hydrogens (tertiary/aromatic N) is 3. The Morgan fingerprint density at radius 3 is 2.50 bits per heavy atom. The van der Waals surface area contributed by atoms with E-state index < -0.39 is 11.7 Å². The van der Waals surface area contributed by atoms with Gasteiger partial charge in [0.05, 0.1) is 12.1 Å². The summed E-state index contributed by atoms with van der Waals surface area (Å²) in [6.45, 7) is 10.7. The van der Waals surface area contributed by atoms with Crippen LogP contribution >= 0.6 is 0 Å². The molecule has 1 aliphatic heterocycles. The molecule has 0 unspecified atom stereocenters. The van der Waals surface area contributed by atoms with Crippen molar-refractivity contribution in [2.75, 3.05) is 44.2 Å². The topological polar surface area (TPSA) is 44.5 Å². The van der Waals surface area contributed by atoms with E-state index in [9.17, 15) is 13.2 Å². The van der Waals surface area contributed by atoms with Crippen LogP contribution in [0.25, 0.3) is 11.3 Å². The molecule has 2 heterocycles. The van der Waals surface area contributed by atoms with E-state index in [0.717, 1.165) is 51.8 Å². The van der Waals surface area contributed by atoms with Gasteiger partial charge in [-0.1, -0.05) is 41.1 Å². The van der Waals surface area contributed by atoms with Crippen molar-refractivity contribution >= 4 is 5.69 Å². The average molecular weight is 473 g/mol. The summed E-state index contributed by atoms with van der Waals surface area (Å²) < 4.78 is 45.0. The van der Waals surface area contributed by atoms with E-state index in [4.69, 9.17) is 4.52 Å². The molecule has 1 aromatic heterocycles. The first kappa shape index (κ1) is 24.3. The Morgan fingerprint density at radius 2 is 1.76 bits per heavy atom. The van der Waals surface area contributed by atoms with Gasteiger partial charge in [-0.3, -0.25) is 4.90 Å². The lowest BCUT2D eigenvalue weighted by Crippen LogP contribution is -2.47. The average Bonchev–Trinajstić information content (AvgIpc) is 3.28. The van der Waals surface area contributed by atoms with Gasteiger partial charge in [0.15, 0.2) is 5.76 Å². The maximum atomic E-state index is 13.2. The third-order valence-electron chi connectivity index (χ3n) is 6.26. The van der Waals surface area contributed by atoms with Crippen LogP contribution in [0.4, 0.5) is 18.9 Å². The summed E-state index contributed by atoms with van der Waals surface area (Å²) in [6.07, 6.45) is -3.44. The molecule has 5 nitrogen and oxygen atoms in total. The SMILES string of the molecule is Cc1ccc(N2CCN(CCCNCc3cc(-c4ccccc4C(F)(F)F)no3)CC2)c(C)c1. The highest BCUT2D eigenvalue weighted by atomic mass is 19.4. The number of hydrogen-bond acceptors (Lipinski definition) is 5. The number of anilines is 1. The Balaban J connectivity index is 1.19. The monoisotopic (exact) mass is 472 g/mol. The minimum absolute atomic E-state index is 0.0324. The van der Waals surface area contributed by atoms with Crippen LogP contribution in [0.5, 0.6) is 0 Å². The standard InChI is InChI=1S/C26H31F3N4O/c1-19-8-9-25(20(2)16-19)33-14-12-32(13-15-33)11-5-10-30-18-21-17-24(31-34-21)22-6-3-4-7-23(22)26(27,28)29/h3-4,6-9,16-17,30H,5,10-15,18H2,1-2H3. The Kier molecular flexibility index (Phi) is 7.58. The lowest BCUT2D eigenvalue weighted by atomic mass is 10.0. The molecule has 0 spiro atoms. The summed E-state index contributed by atoms with van der Waals surface area (Å²) in [5, 5.41) is 7.15. The second-order valence-electron chi connectivity index (χ2n) is 8.87. The Labute approximate surface area is 198 Å². The second kappa shape index (κ2) is 10.6. The van der Waals surface area contributed by atoms with Crippen LogP contribution in [0.2, 0.25) is 0 Å². The zero-order valence-electron chi connectivity index (χ0n) is 19.7. The maximum absolute atomic E-state index is 13.2. The van der Waals surface area contributed by atoms with E-state index in [0.29, 0.717) is 12.3 Å². The van der Waals surface area contributed by atoms with Crippen LogP contribution in [0, 0.1) is 13.8 Å². The number of hydrogen-bond donors (Lipinski definition) is 1. The molecular formula is C26H31F3N4O. The summed E-state index contributed by atoms with van der Waals surface area (Å²) in [7, 11) is 0. The first-order valence-electron chi connectivity index (χ1n) is 11.7. The molecule has 0 amide bonds. The minimum Gasteiger partial charge on any atom is -0.369 e. The summed E-state index contributed by atoms with van der Waals surface area (Å²) >= 11 is 0. The molecule has 0 aliphatic carbocycles. The van der Waals surface area contributed by atoms with Crippen LogP contribution in [0.1, 0.15) is 28.9 Å². The lowest BCUT2D eigenvalue weighted by Gasteiger charge is -2.37. The fourth-order valence-electron chi connectivity index (χ4n) is 4.49. The highest BCUT2D eigenvalue weighted by Crippen LogP contribution is 2.36. The van der Waals surface area contributed by atoms with Crippen LogP contribution < -0.4 is 10.2 Å². The molecule has 0 atom stereocenters. The second-order valence-corrected chi connectivity index (χ2v) is 8.87. The molecule has 2 aromatic carbocycles. The molecule has 4 rings (SSSR count). The van der Waals surface area contributed by atoms with Gasteiger partial charge in [-0.05, 0) is 51.1 Å². The van der Waals surface area contributed by atoms with Gasteiger partial charge in [-0.15, -0.1) is 0 Å². The fraction of sp³-hybridized carbons (Fsp3) is 0.423. The van der Waals surface area contributed by atoms with Crippen molar-refractivity contribution in [1.82, 2.24) is 15.4 Å². The fourth-order valence-corrected chi connectivity index (χ4v) is 4.49. The quantitative estimate of drug-likeness (QED) is 0.452. The third kappa shape index (κ3) is 5.98. The first-order chi connectivity index (χ1) is 16.3. The van der Waals surface area contributed by atoms with Crippen molar-refractivity contribution in [3.05, 3.63) is 71.0 Å². The molecule has 3 aromatic rings. The van der Waals surface area contributed by atoms with Crippen molar-refractivity contribution in [1.29, 1.82) is 0 Å². The van der Waals surface area contributed by atoms with Gasteiger partial charge >= 0.3 is 6.18 Å². The smallest absolute Gasteiger partial charge is 0.369 e. The predicted octanol–water partition coefficient (Wildman–Crippen LogP) is 5.28. The summed E-state index contributed by atoms with van der Waals surface area (Å²) in [5.41, 5.74) is 3.48. The first-order valence-corrected chi connectivity index (χ1v) is 11.7. The molecule has 1 aliphatic rings. The van der Waals surface area contributed by atoms with E-state index >= 15 is 0 Å². The highest BCUT2D eigenvalue weighted by Gasteiger charge is 2.34. The van der Waals surface area contributed by atoms with Crippen LogP contribution in [-0.2, 0) is 12.7 Å². The van der Waals surface area contributed by atoms with Crippen LogP contribution in [0.3, 0.4) is 0 Å². The normalized spacial score (nSPS) is 15.1. The molecule has 1 N–H and O–H groups in total. The zero-order chi connectivity index (χ0) is 24.1. The number of aryl methyl sites for hydroxylation is 2. The van der Waals surface area contributed by atoms with Gasteiger partial charge in [0.25, 0.3) is 0 Å². The molecule has 0 bridgehead atoms. The summed E-state index contributed by atoms with van der Waals surface area (Å²) in [6, 6.07) is 13.6. The van der Waals surface area contributed by atoms with E-state index in [1.165, 1.54) is 28.9 Å². The number of piperazine rings is 1. The highest BCUT2D eigenvalue weighted by molar-refractivity contribution is 5.64.